The summed E-state index contributed by atoms with van der Waals surface area (Å²) >= 11 is 0. The molecule has 0 aliphatic rings. The fourth-order valence-corrected chi connectivity index (χ4v) is 2.67. The first-order valence-electron chi connectivity index (χ1n) is 7.94. The number of carbonyl (C=O) groups excluding carboxylic acids is 2. The Morgan fingerprint density at radius 1 is 1.17 bits per heavy atom. The Morgan fingerprint density at radius 2 is 1.79 bits per heavy atom. The van der Waals surface area contributed by atoms with E-state index in [-0.39, 0.29) is 11.8 Å². The maximum Gasteiger partial charge on any atom is 0.273 e. The van der Waals surface area contributed by atoms with Gasteiger partial charge in [-0.3, -0.25) is 19.0 Å². The third-order valence-corrected chi connectivity index (χ3v) is 3.90. The van der Waals surface area contributed by atoms with E-state index in [1.165, 1.54) is 11.1 Å². The molecule has 0 saturated heterocycles. The van der Waals surface area contributed by atoms with E-state index < -0.39 is 0 Å². The monoisotopic (exact) mass is 332 g/mol. The molecule has 0 atom stereocenters. The van der Waals surface area contributed by atoms with Crippen LogP contribution in [0.2, 0.25) is 0 Å². The van der Waals surface area contributed by atoms with Gasteiger partial charge in [-0.25, -0.2) is 0 Å². The van der Waals surface area contributed by atoms with Crippen molar-refractivity contribution in [2.45, 2.75) is 40.8 Å². The van der Waals surface area contributed by atoms with Crippen LogP contribution in [0.25, 0.3) is 0 Å². The first-order chi connectivity index (χ1) is 11.3. The van der Waals surface area contributed by atoms with Gasteiger partial charge in [-0.05, 0) is 27.7 Å². The lowest BCUT2D eigenvalue weighted by atomic mass is 10.2. The average Bonchev–Trinajstić information content (AvgIpc) is 3.06. The number of anilines is 1. The van der Waals surface area contributed by atoms with E-state index in [0.717, 1.165) is 5.69 Å². The van der Waals surface area contributed by atoms with Crippen molar-refractivity contribution in [3.8, 4) is 0 Å². The van der Waals surface area contributed by atoms with Crippen molar-refractivity contribution < 1.29 is 9.59 Å². The van der Waals surface area contributed by atoms with Crippen LogP contribution in [0.3, 0.4) is 0 Å². The van der Waals surface area contributed by atoms with E-state index in [2.05, 4.69) is 15.5 Å². The molecule has 0 saturated carbocycles. The van der Waals surface area contributed by atoms with E-state index in [0.29, 0.717) is 35.7 Å². The van der Waals surface area contributed by atoms with Crippen LogP contribution in [0.1, 0.15) is 46.1 Å². The standard InChI is InChI=1S/C16H24N6O2/c1-7-21-11(4)13(10(3)19-21)15(23)18-12-9-17-22(8-2)14(12)16(24)20(5)6/h9H,7-8H2,1-6H3,(H,18,23). The van der Waals surface area contributed by atoms with Crippen LogP contribution in [0, 0.1) is 13.8 Å². The van der Waals surface area contributed by atoms with Crippen LogP contribution in [0.15, 0.2) is 6.20 Å². The molecule has 0 bridgehead atoms. The SMILES string of the molecule is CCn1nc(C)c(C(=O)Nc2cnn(CC)c2C(=O)N(C)C)c1C. The van der Waals surface area contributed by atoms with Gasteiger partial charge in [0.15, 0.2) is 0 Å². The summed E-state index contributed by atoms with van der Waals surface area (Å²) in [6, 6.07) is 0. The molecular weight excluding hydrogens is 308 g/mol. The minimum Gasteiger partial charge on any atom is -0.343 e. The van der Waals surface area contributed by atoms with Crippen LogP contribution in [-0.4, -0.2) is 50.4 Å². The molecule has 130 valence electrons. The number of rotatable bonds is 5. The fraction of sp³-hybridized carbons (Fsp3) is 0.500. The van der Waals surface area contributed by atoms with Crippen LogP contribution in [0.5, 0.6) is 0 Å². The molecule has 2 aromatic rings. The van der Waals surface area contributed by atoms with Crippen LogP contribution in [-0.2, 0) is 13.1 Å². The highest BCUT2D eigenvalue weighted by atomic mass is 16.2. The molecule has 8 heteroatoms. The predicted octanol–water partition coefficient (Wildman–Crippen LogP) is 1.69. The maximum absolute atomic E-state index is 12.7. The Morgan fingerprint density at radius 3 is 2.29 bits per heavy atom. The maximum atomic E-state index is 12.7. The van der Waals surface area contributed by atoms with Crippen molar-refractivity contribution in [3.05, 3.63) is 28.8 Å². The number of aromatic nitrogens is 4. The van der Waals surface area contributed by atoms with Gasteiger partial charge in [0.1, 0.15) is 5.69 Å². The number of amides is 2. The average molecular weight is 332 g/mol. The highest BCUT2D eigenvalue weighted by Crippen LogP contribution is 2.20. The zero-order valence-electron chi connectivity index (χ0n) is 15.0. The number of nitrogens with one attached hydrogen (secondary N) is 1. The van der Waals surface area contributed by atoms with E-state index in [1.54, 1.807) is 30.4 Å². The van der Waals surface area contributed by atoms with Gasteiger partial charge in [-0.2, -0.15) is 10.2 Å². The zero-order chi connectivity index (χ0) is 18.0. The van der Waals surface area contributed by atoms with Crippen molar-refractivity contribution in [1.29, 1.82) is 0 Å². The third kappa shape index (κ3) is 3.04. The van der Waals surface area contributed by atoms with E-state index in [1.807, 2.05) is 20.8 Å². The second-order valence-corrected chi connectivity index (χ2v) is 5.74. The summed E-state index contributed by atoms with van der Waals surface area (Å²) in [6.07, 6.45) is 1.51. The first-order valence-corrected chi connectivity index (χ1v) is 7.94. The first kappa shape index (κ1) is 17.7. The zero-order valence-corrected chi connectivity index (χ0v) is 15.0. The van der Waals surface area contributed by atoms with Crippen molar-refractivity contribution in [2.75, 3.05) is 19.4 Å². The van der Waals surface area contributed by atoms with Gasteiger partial charge >= 0.3 is 0 Å². The van der Waals surface area contributed by atoms with Gasteiger partial charge in [-0.15, -0.1) is 0 Å². The van der Waals surface area contributed by atoms with Gasteiger partial charge in [0, 0.05) is 32.9 Å². The Hall–Kier alpha value is -2.64. The highest BCUT2D eigenvalue weighted by molar-refractivity contribution is 6.09. The van der Waals surface area contributed by atoms with Gasteiger partial charge in [-0.1, -0.05) is 0 Å². The number of carbonyl (C=O) groups is 2. The lowest BCUT2D eigenvalue weighted by Gasteiger charge is -2.13. The summed E-state index contributed by atoms with van der Waals surface area (Å²) < 4.78 is 3.36. The van der Waals surface area contributed by atoms with Crippen LogP contribution in [0.4, 0.5) is 5.69 Å². The molecule has 1 N–H and O–H groups in total. The lowest BCUT2D eigenvalue weighted by Crippen LogP contribution is -2.26. The number of nitrogens with zero attached hydrogens (tertiary/aromatic N) is 5. The van der Waals surface area contributed by atoms with E-state index in [9.17, 15) is 9.59 Å². The number of hydrogen-bond acceptors (Lipinski definition) is 4. The van der Waals surface area contributed by atoms with E-state index >= 15 is 0 Å². The fourth-order valence-electron chi connectivity index (χ4n) is 2.67. The minimum absolute atomic E-state index is 0.206. The van der Waals surface area contributed by atoms with Crippen LogP contribution < -0.4 is 5.32 Å². The van der Waals surface area contributed by atoms with Crippen molar-refractivity contribution in [3.63, 3.8) is 0 Å². The van der Waals surface area contributed by atoms with E-state index in [4.69, 9.17) is 0 Å². The highest BCUT2D eigenvalue weighted by Gasteiger charge is 2.24. The lowest BCUT2D eigenvalue weighted by molar-refractivity contribution is 0.0816. The molecule has 8 nitrogen and oxygen atoms in total. The van der Waals surface area contributed by atoms with Crippen molar-refractivity contribution >= 4 is 17.5 Å². The van der Waals surface area contributed by atoms with Gasteiger partial charge in [0.05, 0.1) is 23.1 Å². The minimum atomic E-state index is -0.284. The third-order valence-electron chi connectivity index (χ3n) is 3.90. The summed E-state index contributed by atoms with van der Waals surface area (Å²) in [5.74, 6) is -0.490. The second kappa shape index (κ2) is 6.86. The molecule has 0 aliphatic heterocycles. The van der Waals surface area contributed by atoms with Gasteiger partial charge in [0.2, 0.25) is 0 Å². The van der Waals surface area contributed by atoms with Crippen molar-refractivity contribution in [1.82, 2.24) is 24.5 Å². The predicted molar refractivity (Wildman–Crippen MR) is 91.2 cm³/mol. The normalized spacial score (nSPS) is 10.8. The molecule has 2 aromatic heterocycles. The van der Waals surface area contributed by atoms with Crippen molar-refractivity contribution in [2.24, 2.45) is 0 Å². The van der Waals surface area contributed by atoms with Crippen LogP contribution >= 0.6 is 0 Å². The molecule has 2 heterocycles. The molecule has 24 heavy (non-hydrogen) atoms. The number of hydrogen-bond donors (Lipinski definition) is 1. The topological polar surface area (TPSA) is 85.0 Å². The molecule has 0 radical (unpaired) electrons. The second-order valence-electron chi connectivity index (χ2n) is 5.74. The number of aryl methyl sites for hydroxylation is 3. The summed E-state index contributed by atoms with van der Waals surface area (Å²) in [5.41, 5.74) is 2.77. The largest absolute Gasteiger partial charge is 0.343 e. The molecular formula is C16H24N6O2. The summed E-state index contributed by atoms with van der Waals surface area (Å²) in [5, 5.41) is 11.4. The van der Waals surface area contributed by atoms with Gasteiger partial charge in [0.25, 0.3) is 11.8 Å². The molecule has 0 aliphatic carbocycles. The molecule has 0 aromatic carbocycles. The smallest absolute Gasteiger partial charge is 0.273 e. The molecule has 0 unspecified atom stereocenters. The Balaban J connectivity index is 2.39. The molecule has 2 rings (SSSR count). The summed E-state index contributed by atoms with van der Waals surface area (Å²) in [6.45, 7) is 8.76. The molecule has 0 fully saturated rings. The Kier molecular flexibility index (Phi) is 5.06. The molecule has 2 amide bonds. The Bertz CT molecular complexity index is 772. The quantitative estimate of drug-likeness (QED) is 0.903. The molecule has 0 spiro atoms. The Labute approximate surface area is 141 Å². The van der Waals surface area contributed by atoms with Gasteiger partial charge < -0.3 is 10.2 Å². The summed E-state index contributed by atoms with van der Waals surface area (Å²) in [4.78, 5) is 26.6. The summed E-state index contributed by atoms with van der Waals surface area (Å²) in [7, 11) is 3.33.